The first-order chi connectivity index (χ1) is 8.24. The van der Waals surface area contributed by atoms with E-state index < -0.39 is 7.26 Å². The smallest absolute Gasteiger partial charge is 0.157 e. The Morgan fingerprint density at radius 3 is 1.39 bits per heavy atom. The first kappa shape index (κ1) is 21.0. The van der Waals surface area contributed by atoms with Crippen LogP contribution in [0.2, 0.25) is 0 Å². The van der Waals surface area contributed by atoms with Crippen LogP contribution in [0.4, 0.5) is 0 Å². The number of hydrogen-bond donors (Lipinski definition) is 0. The summed E-state index contributed by atoms with van der Waals surface area (Å²) in [6.45, 7) is 9.97. The number of rotatable bonds is 12. The summed E-state index contributed by atoms with van der Waals surface area (Å²) >= 11 is 0. The third-order valence-electron chi connectivity index (χ3n) is 3.53. The van der Waals surface area contributed by atoms with Gasteiger partial charge in [-0.3, -0.25) is 0 Å². The SMILES string of the molecule is CCCC[P+](CCCC)(CCCC)COCC.[Cl-]. The summed E-state index contributed by atoms with van der Waals surface area (Å²) in [5.41, 5.74) is 0. The molecule has 0 aliphatic rings. The van der Waals surface area contributed by atoms with Crippen molar-refractivity contribution in [2.45, 2.75) is 66.2 Å². The number of halogens is 1. The molecular weight excluding hydrogens is 263 g/mol. The lowest BCUT2D eigenvalue weighted by Gasteiger charge is -2.27. The summed E-state index contributed by atoms with van der Waals surface area (Å²) < 4.78 is 5.84. The standard InChI is InChI=1S/C15H34OP.ClH/c1-5-9-12-17(13-10-6-2,14-11-7-3)15-16-8-4;/h5-15H2,1-4H3;1H/q+1;/p-1. The summed E-state index contributed by atoms with van der Waals surface area (Å²) in [6, 6.07) is 0. The van der Waals surface area contributed by atoms with E-state index in [1.54, 1.807) is 0 Å². The fraction of sp³-hybridized carbons (Fsp3) is 1.00. The first-order valence-corrected chi connectivity index (χ1v) is 10.2. The second kappa shape index (κ2) is 14.1. The zero-order valence-corrected chi connectivity index (χ0v) is 14.7. The molecule has 0 aromatic carbocycles. The highest BCUT2D eigenvalue weighted by Gasteiger charge is 2.35. The van der Waals surface area contributed by atoms with Crippen LogP contribution in [0.5, 0.6) is 0 Å². The largest absolute Gasteiger partial charge is 1.00 e. The van der Waals surface area contributed by atoms with E-state index >= 15 is 0 Å². The van der Waals surface area contributed by atoms with Gasteiger partial charge in [0, 0.05) is 13.9 Å². The minimum absolute atomic E-state index is 0. The van der Waals surface area contributed by atoms with E-state index in [0.717, 1.165) is 13.0 Å². The maximum Gasteiger partial charge on any atom is 0.157 e. The molecule has 0 saturated carbocycles. The molecule has 0 aliphatic heterocycles. The topological polar surface area (TPSA) is 9.23 Å². The summed E-state index contributed by atoms with van der Waals surface area (Å²) in [5.74, 6) is 0. The second-order valence-electron chi connectivity index (χ2n) is 5.20. The maximum atomic E-state index is 5.84. The fourth-order valence-corrected chi connectivity index (χ4v) is 6.88. The zero-order chi connectivity index (χ0) is 13.0. The second-order valence-corrected chi connectivity index (χ2v) is 9.48. The van der Waals surface area contributed by atoms with Gasteiger partial charge in [-0.15, -0.1) is 0 Å². The number of hydrogen-bond acceptors (Lipinski definition) is 1. The van der Waals surface area contributed by atoms with E-state index in [4.69, 9.17) is 4.74 Å². The minimum atomic E-state index is -0.784. The van der Waals surface area contributed by atoms with E-state index in [-0.39, 0.29) is 12.4 Å². The molecule has 0 bridgehead atoms. The Labute approximate surface area is 122 Å². The average molecular weight is 297 g/mol. The highest BCUT2D eigenvalue weighted by Crippen LogP contribution is 2.60. The van der Waals surface area contributed by atoms with Gasteiger partial charge in [0.1, 0.15) is 0 Å². The average Bonchev–Trinajstić information content (AvgIpc) is 2.37. The Kier molecular flexibility index (Phi) is 16.4. The Bertz CT molecular complexity index is 127. The first-order valence-electron chi connectivity index (χ1n) is 7.67. The monoisotopic (exact) mass is 296 g/mol. The van der Waals surface area contributed by atoms with Crippen LogP contribution >= 0.6 is 7.26 Å². The van der Waals surface area contributed by atoms with Crippen LogP contribution in [0.1, 0.15) is 66.2 Å². The molecule has 0 spiro atoms. The molecule has 0 rings (SSSR count). The van der Waals surface area contributed by atoms with Crippen LogP contribution in [-0.4, -0.2) is 31.4 Å². The molecule has 0 amide bonds. The Morgan fingerprint density at radius 1 is 0.722 bits per heavy atom. The summed E-state index contributed by atoms with van der Waals surface area (Å²) in [4.78, 5) is 0. The highest BCUT2D eigenvalue weighted by atomic mass is 35.5. The van der Waals surface area contributed by atoms with E-state index in [1.807, 2.05) is 0 Å². The van der Waals surface area contributed by atoms with Crippen LogP contribution in [0.3, 0.4) is 0 Å². The van der Waals surface area contributed by atoms with E-state index in [1.165, 1.54) is 57.0 Å². The maximum absolute atomic E-state index is 5.84. The van der Waals surface area contributed by atoms with Gasteiger partial charge in [-0.1, -0.05) is 40.0 Å². The van der Waals surface area contributed by atoms with Crippen LogP contribution in [0.15, 0.2) is 0 Å². The molecule has 0 N–H and O–H groups in total. The predicted molar refractivity (Wildman–Crippen MR) is 82.7 cm³/mol. The Morgan fingerprint density at radius 2 is 1.11 bits per heavy atom. The van der Waals surface area contributed by atoms with Gasteiger partial charge >= 0.3 is 0 Å². The van der Waals surface area contributed by atoms with Crippen molar-refractivity contribution in [3.05, 3.63) is 0 Å². The number of unbranched alkanes of at least 4 members (excludes halogenated alkanes) is 3. The summed E-state index contributed by atoms with van der Waals surface area (Å²) in [5, 5.41) is 0. The molecule has 0 atom stereocenters. The molecule has 0 heterocycles. The summed E-state index contributed by atoms with van der Waals surface area (Å²) in [7, 11) is -0.784. The van der Waals surface area contributed by atoms with Crippen LogP contribution < -0.4 is 12.4 Å². The van der Waals surface area contributed by atoms with E-state index in [0.29, 0.717) is 0 Å². The molecule has 0 aromatic heterocycles. The molecule has 0 fully saturated rings. The van der Waals surface area contributed by atoms with Crippen molar-refractivity contribution in [1.82, 2.24) is 0 Å². The van der Waals surface area contributed by atoms with Crippen LogP contribution in [0, 0.1) is 0 Å². The van der Waals surface area contributed by atoms with Gasteiger partial charge in [0.15, 0.2) is 6.35 Å². The van der Waals surface area contributed by atoms with Crippen molar-refractivity contribution in [1.29, 1.82) is 0 Å². The molecule has 112 valence electrons. The third kappa shape index (κ3) is 9.59. The van der Waals surface area contributed by atoms with E-state index in [2.05, 4.69) is 27.7 Å². The van der Waals surface area contributed by atoms with Gasteiger partial charge in [0.25, 0.3) is 0 Å². The molecular formula is C15H34ClOP. The van der Waals surface area contributed by atoms with Crippen molar-refractivity contribution in [2.75, 3.05) is 31.4 Å². The van der Waals surface area contributed by atoms with Gasteiger partial charge in [-0.25, -0.2) is 0 Å². The molecule has 1 nitrogen and oxygen atoms in total. The van der Waals surface area contributed by atoms with Crippen LogP contribution in [-0.2, 0) is 4.74 Å². The molecule has 0 aliphatic carbocycles. The molecule has 18 heavy (non-hydrogen) atoms. The lowest BCUT2D eigenvalue weighted by molar-refractivity contribution is -0.00000443. The highest BCUT2D eigenvalue weighted by molar-refractivity contribution is 7.75. The molecule has 0 unspecified atom stereocenters. The lowest BCUT2D eigenvalue weighted by atomic mass is 10.4. The third-order valence-corrected chi connectivity index (χ3v) is 8.05. The number of ether oxygens (including phenoxy) is 1. The van der Waals surface area contributed by atoms with Crippen molar-refractivity contribution in [3.8, 4) is 0 Å². The molecule has 0 saturated heterocycles. The zero-order valence-electron chi connectivity index (χ0n) is 13.0. The normalized spacial score (nSPS) is 11.3. The van der Waals surface area contributed by atoms with Crippen LogP contribution in [0.25, 0.3) is 0 Å². The van der Waals surface area contributed by atoms with E-state index in [9.17, 15) is 0 Å². The molecule has 0 radical (unpaired) electrons. The van der Waals surface area contributed by atoms with Crippen molar-refractivity contribution < 1.29 is 17.1 Å². The summed E-state index contributed by atoms with van der Waals surface area (Å²) in [6.07, 6.45) is 13.8. The van der Waals surface area contributed by atoms with Gasteiger partial charge in [-0.05, 0) is 26.2 Å². The van der Waals surface area contributed by atoms with Gasteiger partial charge in [-0.2, -0.15) is 0 Å². The minimum Gasteiger partial charge on any atom is -1.00 e. The molecule has 0 aromatic rings. The quantitative estimate of drug-likeness (QED) is 0.503. The lowest BCUT2D eigenvalue weighted by Crippen LogP contribution is -3.00. The van der Waals surface area contributed by atoms with Crippen molar-refractivity contribution in [2.24, 2.45) is 0 Å². The predicted octanol–water partition coefficient (Wildman–Crippen LogP) is 2.40. The van der Waals surface area contributed by atoms with Gasteiger partial charge in [0.05, 0.1) is 18.5 Å². The van der Waals surface area contributed by atoms with Gasteiger partial charge < -0.3 is 17.1 Å². The Hall–Kier alpha value is 0.680. The van der Waals surface area contributed by atoms with Gasteiger partial charge in [0.2, 0.25) is 0 Å². The molecule has 3 heteroatoms. The van der Waals surface area contributed by atoms with Crippen molar-refractivity contribution in [3.63, 3.8) is 0 Å². The fourth-order valence-electron chi connectivity index (χ4n) is 2.29. The van der Waals surface area contributed by atoms with Crippen molar-refractivity contribution >= 4 is 7.26 Å². The Balaban J connectivity index is 0.